The summed E-state index contributed by atoms with van der Waals surface area (Å²) in [6, 6.07) is 10.4. The predicted molar refractivity (Wildman–Crippen MR) is 77.6 cm³/mol. The molecule has 0 N–H and O–H groups in total. The van der Waals surface area contributed by atoms with Gasteiger partial charge >= 0.3 is 5.97 Å². The van der Waals surface area contributed by atoms with Crippen LogP contribution in [0.15, 0.2) is 42.6 Å². The molecule has 0 saturated carbocycles. The molecule has 110 valence electrons. The zero-order valence-corrected chi connectivity index (χ0v) is 12.2. The number of benzene rings is 1. The van der Waals surface area contributed by atoms with Crippen LogP contribution in [0.2, 0.25) is 0 Å². The van der Waals surface area contributed by atoms with E-state index in [2.05, 4.69) is 4.98 Å². The molecule has 0 aliphatic heterocycles. The van der Waals surface area contributed by atoms with Gasteiger partial charge < -0.3 is 14.2 Å². The van der Waals surface area contributed by atoms with Crippen molar-refractivity contribution in [3.63, 3.8) is 0 Å². The standard InChI is InChI=1S/C16H17NO4/c1-11(14-6-4-5-9-17-14)21-16(18)13-8-7-12(19-2)10-15(13)20-3/h4-11H,1-3H3. The smallest absolute Gasteiger partial charge is 0.342 e. The first-order valence-corrected chi connectivity index (χ1v) is 6.49. The van der Waals surface area contributed by atoms with Crippen molar-refractivity contribution in [2.24, 2.45) is 0 Å². The third-order valence-electron chi connectivity index (χ3n) is 3.02. The normalized spacial score (nSPS) is 11.6. The molecule has 21 heavy (non-hydrogen) atoms. The summed E-state index contributed by atoms with van der Waals surface area (Å²) in [5, 5.41) is 0. The quantitative estimate of drug-likeness (QED) is 0.791. The Morgan fingerprint density at radius 3 is 2.57 bits per heavy atom. The van der Waals surface area contributed by atoms with Gasteiger partial charge in [-0.1, -0.05) is 6.07 Å². The van der Waals surface area contributed by atoms with Gasteiger partial charge in [-0.25, -0.2) is 4.79 Å². The van der Waals surface area contributed by atoms with E-state index in [-0.39, 0.29) is 0 Å². The number of methoxy groups -OCH3 is 2. The van der Waals surface area contributed by atoms with Gasteiger partial charge in [0.2, 0.25) is 0 Å². The summed E-state index contributed by atoms with van der Waals surface area (Å²) in [6.07, 6.45) is 1.22. The van der Waals surface area contributed by atoms with E-state index in [1.165, 1.54) is 7.11 Å². The highest BCUT2D eigenvalue weighted by Crippen LogP contribution is 2.26. The summed E-state index contributed by atoms with van der Waals surface area (Å²) < 4.78 is 15.7. The Labute approximate surface area is 123 Å². The van der Waals surface area contributed by atoms with Crippen LogP contribution in [-0.2, 0) is 4.74 Å². The van der Waals surface area contributed by atoms with E-state index in [4.69, 9.17) is 14.2 Å². The van der Waals surface area contributed by atoms with E-state index in [0.29, 0.717) is 22.8 Å². The van der Waals surface area contributed by atoms with Gasteiger partial charge in [0.15, 0.2) is 0 Å². The van der Waals surface area contributed by atoms with Crippen LogP contribution in [0, 0.1) is 0 Å². The fraction of sp³-hybridized carbons (Fsp3) is 0.250. The highest BCUT2D eigenvalue weighted by atomic mass is 16.5. The number of rotatable bonds is 5. The molecule has 0 fully saturated rings. The van der Waals surface area contributed by atoms with Crippen LogP contribution in [0.5, 0.6) is 11.5 Å². The third kappa shape index (κ3) is 3.51. The molecule has 5 nitrogen and oxygen atoms in total. The van der Waals surface area contributed by atoms with E-state index in [1.54, 1.807) is 38.4 Å². The van der Waals surface area contributed by atoms with Crippen molar-refractivity contribution < 1.29 is 19.0 Å². The molecule has 1 atom stereocenters. The minimum Gasteiger partial charge on any atom is -0.497 e. The zero-order chi connectivity index (χ0) is 15.2. The average molecular weight is 287 g/mol. The summed E-state index contributed by atoms with van der Waals surface area (Å²) in [5.74, 6) is 0.557. The van der Waals surface area contributed by atoms with Gasteiger partial charge in [0.05, 0.1) is 19.9 Å². The number of aromatic nitrogens is 1. The van der Waals surface area contributed by atoms with E-state index in [9.17, 15) is 4.79 Å². The molecule has 0 spiro atoms. The number of carbonyl (C=O) groups is 1. The van der Waals surface area contributed by atoms with Crippen molar-refractivity contribution in [2.45, 2.75) is 13.0 Å². The van der Waals surface area contributed by atoms with Crippen LogP contribution >= 0.6 is 0 Å². The lowest BCUT2D eigenvalue weighted by Crippen LogP contribution is -2.11. The molecule has 0 aliphatic rings. The Morgan fingerprint density at radius 2 is 1.95 bits per heavy atom. The van der Waals surface area contributed by atoms with Gasteiger partial charge in [-0.3, -0.25) is 4.98 Å². The lowest BCUT2D eigenvalue weighted by molar-refractivity contribution is 0.0326. The number of carbonyl (C=O) groups excluding carboxylic acids is 1. The second-order valence-corrected chi connectivity index (χ2v) is 4.37. The Morgan fingerprint density at radius 1 is 1.14 bits per heavy atom. The molecule has 5 heteroatoms. The van der Waals surface area contributed by atoms with Crippen molar-refractivity contribution in [1.29, 1.82) is 0 Å². The molecule has 2 aromatic rings. The maximum absolute atomic E-state index is 12.2. The monoisotopic (exact) mass is 287 g/mol. The molecule has 0 aliphatic carbocycles. The lowest BCUT2D eigenvalue weighted by atomic mass is 10.2. The van der Waals surface area contributed by atoms with Gasteiger partial charge in [0.1, 0.15) is 23.2 Å². The fourth-order valence-corrected chi connectivity index (χ4v) is 1.87. The van der Waals surface area contributed by atoms with E-state index < -0.39 is 12.1 Å². The van der Waals surface area contributed by atoms with Crippen LogP contribution in [-0.4, -0.2) is 25.2 Å². The fourth-order valence-electron chi connectivity index (χ4n) is 1.87. The van der Waals surface area contributed by atoms with Crippen LogP contribution < -0.4 is 9.47 Å². The summed E-state index contributed by atoms with van der Waals surface area (Å²) >= 11 is 0. The van der Waals surface area contributed by atoms with Crippen LogP contribution in [0.4, 0.5) is 0 Å². The van der Waals surface area contributed by atoms with E-state index in [1.807, 2.05) is 18.2 Å². The second-order valence-electron chi connectivity index (χ2n) is 4.37. The van der Waals surface area contributed by atoms with Gasteiger partial charge in [0, 0.05) is 12.3 Å². The van der Waals surface area contributed by atoms with Crippen molar-refractivity contribution in [1.82, 2.24) is 4.98 Å². The zero-order valence-electron chi connectivity index (χ0n) is 12.2. The minimum absolute atomic E-state index is 0.348. The number of ether oxygens (including phenoxy) is 3. The van der Waals surface area contributed by atoms with Gasteiger partial charge in [-0.2, -0.15) is 0 Å². The van der Waals surface area contributed by atoms with Gasteiger partial charge in [-0.15, -0.1) is 0 Å². The average Bonchev–Trinajstić information content (AvgIpc) is 2.54. The lowest BCUT2D eigenvalue weighted by Gasteiger charge is -2.14. The molecule has 1 unspecified atom stereocenters. The summed E-state index contributed by atoms with van der Waals surface area (Å²) in [6.45, 7) is 1.77. The molecule has 0 radical (unpaired) electrons. The number of esters is 1. The van der Waals surface area contributed by atoms with Crippen LogP contribution in [0.3, 0.4) is 0 Å². The largest absolute Gasteiger partial charge is 0.497 e. The summed E-state index contributed by atoms with van der Waals surface area (Å²) in [4.78, 5) is 16.4. The second kappa shape index (κ2) is 6.74. The minimum atomic E-state index is -0.465. The number of nitrogens with zero attached hydrogens (tertiary/aromatic N) is 1. The third-order valence-corrected chi connectivity index (χ3v) is 3.02. The van der Waals surface area contributed by atoms with Crippen molar-refractivity contribution in [2.75, 3.05) is 14.2 Å². The summed E-state index contributed by atoms with van der Waals surface area (Å²) in [7, 11) is 3.05. The molecular formula is C16H17NO4. The SMILES string of the molecule is COc1ccc(C(=O)OC(C)c2ccccn2)c(OC)c1. The molecule has 1 aromatic carbocycles. The predicted octanol–water partition coefficient (Wildman–Crippen LogP) is 3.02. The maximum Gasteiger partial charge on any atom is 0.342 e. The summed E-state index contributed by atoms with van der Waals surface area (Å²) in [5.41, 5.74) is 1.04. The molecule has 0 amide bonds. The Kier molecular flexibility index (Phi) is 4.77. The van der Waals surface area contributed by atoms with Gasteiger partial charge in [0.25, 0.3) is 0 Å². The van der Waals surface area contributed by atoms with Crippen molar-refractivity contribution in [3.8, 4) is 11.5 Å². The number of pyridine rings is 1. The van der Waals surface area contributed by atoms with E-state index in [0.717, 1.165) is 0 Å². The van der Waals surface area contributed by atoms with Crippen LogP contribution in [0.25, 0.3) is 0 Å². The highest BCUT2D eigenvalue weighted by Gasteiger charge is 2.18. The van der Waals surface area contributed by atoms with E-state index >= 15 is 0 Å². The molecule has 0 saturated heterocycles. The topological polar surface area (TPSA) is 57.7 Å². The maximum atomic E-state index is 12.2. The Balaban J connectivity index is 2.17. The molecular weight excluding hydrogens is 270 g/mol. The Hall–Kier alpha value is -2.56. The Bertz CT molecular complexity index is 613. The number of hydrogen-bond acceptors (Lipinski definition) is 5. The molecule has 1 aromatic heterocycles. The van der Waals surface area contributed by atoms with Gasteiger partial charge in [-0.05, 0) is 31.2 Å². The van der Waals surface area contributed by atoms with Crippen molar-refractivity contribution in [3.05, 3.63) is 53.9 Å². The first-order chi connectivity index (χ1) is 10.2. The van der Waals surface area contributed by atoms with Crippen molar-refractivity contribution >= 4 is 5.97 Å². The first-order valence-electron chi connectivity index (χ1n) is 6.49. The van der Waals surface area contributed by atoms with Crippen LogP contribution in [0.1, 0.15) is 29.1 Å². The molecule has 0 bridgehead atoms. The number of hydrogen-bond donors (Lipinski definition) is 0. The molecule has 1 heterocycles. The first kappa shape index (κ1) is 14.8. The molecule has 2 rings (SSSR count). The highest BCUT2D eigenvalue weighted by molar-refractivity contribution is 5.92.